The normalized spacial score (nSPS) is 23.0. The van der Waals surface area contributed by atoms with E-state index in [4.69, 9.17) is 23.2 Å². The van der Waals surface area contributed by atoms with Crippen molar-refractivity contribution < 1.29 is 4.79 Å². The summed E-state index contributed by atoms with van der Waals surface area (Å²) in [6, 6.07) is 5.62. The molecule has 2 fully saturated rings. The Morgan fingerprint density at radius 2 is 2.00 bits per heavy atom. The van der Waals surface area contributed by atoms with Gasteiger partial charge in [-0.3, -0.25) is 9.69 Å². The molecular formula is C16H20Cl2N2OS. The molecule has 3 nitrogen and oxygen atoms in total. The molecule has 1 aromatic carbocycles. The summed E-state index contributed by atoms with van der Waals surface area (Å²) in [5.41, 5.74) is 1.08. The van der Waals surface area contributed by atoms with Gasteiger partial charge in [0.25, 0.3) is 0 Å². The van der Waals surface area contributed by atoms with Gasteiger partial charge in [0.05, 0.1) is 5.92 Å². The first-order valence-electron chi connectivity index (χ1n) is 7.66. The zero-order valence-corrected chi connectivity index (χ0v) is 14.8. The van der Waals surface area contributed by atoms with Gasteiger partial charge in [-0.05, 0) is 30.7 Å². The zero-order chi connectivity index (χ0) is 15.5. The van der Waals surface area contributed by atoms with Crippen LogP contribution in [0.25, 0.3) is 0 Å². The molecule has 0 aromatic heterocycles. The lowest BCUT2D eigenvalue weighted by molar-refractivity contribution is -0.134. The Labute approximate surface area is 145 Å². The van der Waals surface area contributed by atoms with E-state index in [-0.39, 0.29) is 5.92 Å². The number of hydrogen-bond donors (Lipinski definition) is 0. The van der Waals surface area contributed by atoms with Crippen LogP contribution in [0.15, 0.2) is 18.2 Å². The van der Waals surface area contributed by atoms with E-state index < -0.39 is 0 Å². The topological polar surface area (TPSA) is 23.6 Å². The van der Waals surface area contributed by atoms with E-state index >= 15 is 0 Å². The molecule has 0 aliphatic carbocycles. The van der Waals surface area contributed by atoms with E-state index in [1.165, 1.54) is 0 Å². The summed E-state index contributed by atoms with van der Waals surface area (Å²) in [5, 5.41) is 1.36. The van der Waals surface area contributed by atoms with Crippen molar-refractivity contribution in [3.63, 3.8) is 0 Å². The second-order valence-corrected chi connectivity index (χ2v) is 7.96. The molecule has 2 aliphatic heterocycles. The van der Waals surface area contributed by atoms with Gasteiger partial charge in [0.2, 0.25) is 5.91 Å². The van der Waals surface area contributed by atoms with Crippen LogP contribution in [-0.2, 0) is 11.3 Å². The van der Waals surface area contributed by atoms with Gasteiger partial charge < -0.3 is 4.90 Å². The minimum absolute atomic E-state index is 0.147. The fraction of sp³-hybridized carbons (Fsp3) is 0.562. The first kappa shape index (κ1) is 16.4. The summed E-state index contributed by atoms with van der Waals surface area (Å²) in [5.74, 6) is 2.63. The van der Waals surface area contributed by atoms with Gasteiger partial charge in [0.15, 0.2) is 0 Å². The summed E-state index contributed by atoms with van der Waals surface area (Å²) in [7, 11) is 0. The predicted molar refractivity (Wildman–Crippen MR) is 93.8 cm³/mol. The van der Waals surface area contributed by atoms with Crippen molar-refractivity contribution in [1.82, 2.24) is 9.80 Å². The minimum atomic E-state index is 0.147. The summed E-state index contributed by atoms with van der Waals surface area (Å²) in [4.78, 5) is 16.9. The maximum Gasteiger partial charge on any atom is 0.227 e. The van der Waals surface area contributed by atoms with E-state index in [0.717, 1.165) is 56.2 Å². The Bertz CT molecular complexity index is 549. The molecule has 1 unspecified atom stereocenters. The van der Waals surface area contributed by atoms with Gasteiger partial charge >= 0.3 is 0 Å². The number of amides is 1. The van der Waals surface area contributed by atoms with Crippen LogP contribution in [0, 0.1) is 5.92 Å². The first-order valence-corrected chi connectivity index (χ1v) is 9.57. The molecule has 120 valence electrons. The Morgan fingerprint density at radius 1 is 1.23 bits per heavy atom. The Kier molecular flexibility index (Phi) is 5.55. The van der Waals surface area contributed by atoms with Crippen LogP contribution in [0.4, 0.5) is 0 Å². The molecule has 1 amide bonds. The first-order chi connectivity index (χ1) is 10.6. The Morgan fingerprint density at radius 3 is 2.73 bits per heavy atom. The van der Waals surface area contributed by atoms with Crippen molar-refractivity contribution >= 4 is 40.9 Å². The molecule has 0 radical (unpaired) electrons. The van der Waals surface area contributed by atoms with Gasteiger partial charge in [0, 0.05) is 47.7 Å². The average molecular weight is 359 g/mol. The van der Waals surface area contributed by atoms with Crippen molar-refractivity contribution in [2.75, 3.05) is 37.7 Å². The number of halogens is 2. The smallest absolute Gasteiger partial charge is 0.227 e. The van der Waals surface area contributed by atoms with Crippen LogP contribution in [0.1, 0.15) is 12.0 Å². The third-order valence-electron chi connectivity index (χ3n) is 4.35. The molecule has 2 saturated heterocycles. The molecule has 6 heteroatoms. The van der Waals surface area contributed by atoms with Crippen molar-refractivity contribution in [2.24, 2.45) is 5.92 Å². The minimum Gasteiger partial charge on any atom is -0.341 e. The number of carbonyl (C=O) groups excluding carboxylic acids is 1. The molecule has 2 aliphatic rings. The standard InChI is InChI=1S/C16H20Cl2N2OS/c17-14-2-1-12(15(18)9-14)10-19-4-3-13(11-19)16(21)20-5-7-22-8-6-20/h1-2,9,13H,3-8,10-11H2. The average Bonchev–Trinajstić information content (AvgIpc) is 2.99. The maximum absolute atomic E-state index is 12.6. The summed E-state index contributed by atoms with van der Waals surface area (Å²) >= 11 is 14.1. The third-order valence-corrected chi connectivity index (χ3v) is 5.88. The predicted octanol–water partition coefficient (Wildman–Crippen LogP) is 3.39. The quantitative estimate of drug-likeness (QED) is 0.827. The van der Waals surface area contributed by atoms with Crippen molar-refractivity contribution in [2.45, 2.75) is 13.0 Å². The number of rotatable bonds is 3. The van der Waals surface area contributed by atoms with Crippen molar-refractivity contribution in [1.29, 1.82) is 0 Å². The van der Waals surface area contributed by atoms with Crippen LogP contribution in [0.2, 0.25) is 10.0 Å². The van der Waals surface area contributed by atoms with E-state index in [9.17, 15) is 4.79 Å². The number of likely N-dealkylation sites (tertiary alicyclic amines) is 1. The molecule has 1 atom stereocenters. The molecule has 22 heavy (non-hydrogen) atoms. The molecule has 3 rings (SSSR count). The highest BCUT2D eigenvalue weighted by Crippen LogP contribution is 2.26. The van der Waals surface area contributed by atoms with Crippen LogP contribution < -0.4 is 0 Å². The Hall–Kier alpha value is -0.420. The van der Waals surface area contributed by atoms with Crippen molar-refractivity contribution in [3.05, 3.63) is 33.8 Å². The van der Waals surface area contributed by atoms with Gasteiger partial charge in [-0.2, -0.15) is 11.8 Å². The van der Waals surface area contributed by atoms with E-state index in [0.29, 0.717) is 16.0 Å². The van der Waals surface area contributed by atoms with Gasteiger partial charge in [0.1, 0.15) is 0 Å². The number of hydrogen-bond acceptors (Lipinski definition) is 3. The second-order valence-electron chi connectivity index (χ2n) is 5.89. The van der Waals surface area contributed by atoms with Crippen LogP contribution in [-0.4, -0.2) is 53.4 Å². The van der Waals surface area contributed by atoms with Gasteiger partial charge in [-0.15, -0.1) is 0 Å². The monoisotopic (exact) mass is 358 g/mol. The molecule has 0 saturated carbocycles. The number of nitrogens with zero attached hydrogens (tertiary/aromatic N) is 2. The van der Waals surface area contributed by atoms with E-state index in [1.54, 1.807) is 6.07 Å². The maximum atomic E-state index is 12.6. The molecule has 2 heterocycles. The highest BCUT2D eigenvalue weighted by molar-refractivity contribution is 7.99. The number of carbonyl (C=O) groups is 1. The highest BCUT2D eigenvalue weighted by atomic mass is 35.5. The van der Waals surface area contributed by atoms with Crippen LogP contribution in [0.5, 0.6) is 0 Å². The van der Waals surface area contributed by atoms with Crippen LogP contribution >= 0.6 is 35.0 Å². The Balaban J connectivity index is 1.56. The number of thioether (sulfide) groups is 1. The molecule has 0 N–H and O–H groups in total. The lowest BCUT2D eigenvalue weighted by atomic mass is 10.1. The van der Waals surface area contributed by atoms with E-state index in [1.807, 2.05) is 28.8 Å². The second kappa shape index (κ2) is 7.43. The van der Waals surface area contributed by atoms with Gasteiger partial charge in [-0.1, -0.05) is 29.3 Å². The van der Waals surface area contributed by atoms with Gasteiger partial charge in [-0.25, -0.2) is 0 Å². The number of benzene rings is 1. The zero-order valence-electron chi connectivity index (χ0n) is 12.4. The third kappa shape index (κ3) is 3.91. The van der Waals surface area contributed by atoms with E-state index in [2.05, 4.69) is 4.90 Å². The molecular weight excluding hydrogens is 339 g/mol. The lowest BCUT2D eigenvalue weighted by Gasteiger charge is -2.29. The van der Waals surface area contributed by atoms with Crippen LogP contribution in [0.3, 0.4) is 0 Å². The molecule has 1 aromatic rings. The molecule has 0 bridgehead atoms. The fourth-order valence-electron chi connectivity index (χ4n) is 3.11. The highest BCUT2D eigenvalue weighted by Gasteiger charge is 2.32. The lowest BCUT2D eigenvalue weighted by Crippen LogP contribution is -2.42. The molecule has 0 spiro atoms. The fourth-order valence-corrected chi connectivity index (χ4v) is 4.48. The summed E-state index contributed by atoms with van der Waals surface area (Å²) in [6.45, 7) is 4.39. The SMILES string of the molecule is O=C(C1CCN(Cc2ccc(Cl)cc2Cl)C1)N1CCSCC1. The summed E-state index contributed by atoms with van der Waals surface area (Å²) in [6.07, 6.45) is 0.952. The van der Waals surface area contributed by atoms with Crippen molar-refractivity contribution in [3.8, 4) is 0 Å². The largest absolute Gasteiger partial charge is 0.341 e. The summed E-state index contributed by atoms with van der Waals surface area (Å²) < 4.78 is 0.